The number of carbonyl (C=O) groups is 1. The topological polar surface area (TPSA) is 58.6 Å². The Hall–Kier alpha value is -3.03. The molecule has 2 N–H and O–H groups in total. The van der Waals surface area contributed by atoms with Crippen molar-refractivity contribution in [2.75, 3.05) is 13.7 Å². The number of benzene rings is 2. The molecule has 0 amide bonds. The van der Waals surface area contributed by atoms with E-state index in [2.05, 4.69) is 43.1 Å². The smallest absolute Gasteiger partial charge is 0.328 e. The molecule has 2 aromatic carbocycles. The van der Waals surface area contributed by atoms with Gasteiger partial charge in [0.2, 0.25) is 0 Å². The lowest BCUT2D eigenvalue weighted by atomic mass is 9.70. The van der Waals surface area contributed by atoms with E-state index in [1.54, 1.807) is 13.2 Å². The molecule has 0 bridgehead atoms. The zero-order valence-corrected chi connectivity index (χ0v) is 19.1. The molecule has 1 atom stereocenters. The van der Waals surface area contributed by atoms with Gasteiger partial charge < -0.3 is 15.2 Å². The van der Waals surface area contributed by atoms with Gasteiger partial charge in [-0.25, -0.2) is 4.79 Å². The fraction of sp³-hybridized carbons (Fsp3) is 0.393. The van der Waals surface area contributed by atoms with Crippen LogP contribution in [-0.2, 0) is 10.2 Å². The predicted octanol–water partition coefficient (Wildman–Crippen LogP) is 5.30. The van der Waals surface area contributed by atoms with Crippen molar-refractivity contribution in [3.63, 3.8) is 0 Å². The molecule has 0 aliphatic heterocycles. The second-order valence-electron chi connectivity index (χ2n) is 9.51. The molecule has 0 saturated heterocycles. The Morgan fingerprint density at radius 2 is 1.88 bits per heavy atom. The summed E-state index contributed by atoms with van der Waals surface area (Å²) in [6.07, 6.45) is 7.66. The van der Waals surface area contributed by atoms with Crippen LogP contribution in [0.4, 0.5) is 0 Å². The van der Waals surface area contributed by atoms with Crippen LogP contribution in [0.15, 0.2) is 42.5 Å². The van der Waals surface area contributed by atoms with Crippen molar-refractivity contribution < 1.29 is 14.6 Å². The average Bonchev–Trinajstić information content (AvgIpc) is 3.60. The predicted molar refractivity (Wildman–Crippen MR) is 128 cm³/mol. The van der Waals surface area contributed by atoms with Crippen LogP contribution in [0, 0.1) is 17.8 Å². The molecule has 2 aliphatic rings. The standard InChI is InChI=1S/C28H31NO3/c1-28(2)15-14-24(29-18-21-9-10-21)27-23(28)16-22(17-25(27)32-3)11-8-19-4-6-20(7-5-19)12-13-26(30)31/h4-7,12-13,16-17,21,24,29H,9-10,14-15,18H2,1-3H3,(H,30,31). The molecule has 0 radical (unpaired) electrons. The summed E-state index contributed by atoms with van der Waals surface area (Å²) >= 11 is 0. The zero-order chi connectivity index (χ0) is 22.7. The van der Waals surface area contributed by atoms with Crippen LogP contribution < -0.4 is 10.1 Å². The van der Waals surface area contributed by atoms with Crippen molar-refractivity contribution in [2.24, 2.45) is 5.92 Å². The van der Waals surface area contributed by atoms with Gasteiger partial charge in [-0.3, -0.25) is 0 Å². The summed E-state index contributed by atoms with van der Waals surface area (Å²) in [5.74, 6) is 7.35. The van der Waals surface area contributed by atoms with Crippen molar-refractivity contribution in [3.05, 3.63) is 70.3 Å². The number of hydrogen-bond acceptors (Lipinski definition) is 3. The van der Waals surface area contributed by atoms with Gasteiger partial charge in [0.05, 0.1) is 7.11 Å². The summed E-state index contributed by atoms with van der Waals surface area (Å²) in [6, 6.07) is 12.2. The molecule has 0 heterocycles. The molecule has 4 nitrogen and oxygen atoms in total. The minimum atomic E-state index is -0.955. The van der Waals surface area contributed by atoms with Crippen LogP contribution in [-0.4, -0.2) is 24.7 Å². The number of aliphatic carboxylic acids is 1. The largest absolute Gasteiger partial charge is 0.496 e. The molecular formula is C28H31NO3. The number of nitrogens with one attached hydrogen (secondary N) is 1. The Bertz CT molecular complexity index is 1080. The lowest BCUT2D eigenvalue weighted by molar-refractivity contribution is -0.131. The molecule has 32 heavy (non-hydrogen) atoms. The van der Waals surface area contributed by atoms with Crippen molar-refractivity contribution in [1.82, 2.24) is 5.32 Å². The number of methoxy groups -OCH3 is 1. The third-order valence-corrected chi connectivity index (χ3v) is 6.53. The first kappa shape index (κ1) is 22.2. The van der Waals surface area contributed by atoms with E-state index < -0.39 is 5.97 Å². The van der Waals surface area contributed by atoms with E-state index in [9.17, 15) is 4.79 Å². The molecule has 1 fully saturated rings. The zero-order valence-electron chi connectivity index (χ0n) is 19.1. The van der Waals surface area contributed by atoms with Gasteiger partial charge in [-0.05, 0) is 85.0 Å². The molecular weight excluding hydrogens is 398 g/mol. The Balaban J connectivity index is 1.61. The van der Waals surface area contributed by atoms with Gasteiger partial charge in [0.1, 0.15) is 5.75 Å². The second kappa shape index (κ2) is 9.22. The number of fused-ring (bicyclic) bond motifs is 1. The maximum atomic E-state index is 10.7. The van der Waals surface area contributed by atoms with Gasteiger partial charge in [-0.1, -0.05) is 37.8 Å². The van der Waals surface area contributed by atoms with Crippen LogP contribution >= 0.6 is 0 Å². The van der Waals surface area contributed by atoms with Gasteiger partial charge in [-0.2, -0.15) is 0 Å². The monoisotopic (exact) mass is 429 g/mol. The molecule has 2 aliphatic carbocycles. The number of hydrogen-bond donors (Lipinski definition) is 2. The maximum absolute atomic E-state index is 10.7. The summed E-state index contributed by atoms with van der Waals surface area (Å²) in [5.41, 5.74) is 5.37. The van der Waals surface area contributed by atoms with Crippen LogP contribution in [0.1, 0.15) is 73.4 Å². The summed E-state index contributed by atoms with van der Waals surface area (Å²) in [7, 11) is 1.75. The molecule has 0 spiro atoms. The van der Waals surface area contributed by atoms with E-state index in [4.69, 9.17) is 9.84 Å². The molecule has 1 saturated carbocycles. The normalized spacial score (nSPS) is 19.2. The average molecular weight is 430 g/mol. The molecule has 4 rings (SSSR count). The first-order chi connectivity index (χ1) is 15.4. The van der Waals surface area contributed by atoms with Crippen LogP contribution in [0.25, 0.3) is 6.08 Å². The highest BCUT2D eigenvalue weighted by molar-refractivity contribution is 5.85. The molecule has 2 aromatic rings. The summed E-state index contributed by atoms with van der Waals surface area (Å²) in [6.45, 7) is 5.71. The molecule has 0 aromatic heterocycles. The second-order valence-corrected chi connectivity index (χ2v) is 9.51. The fourth-order valence-corrected chi connectivity index (χ4v) is 4.40. The highest BCUT2D eigenvalue weighted by atomic mass is 16.5. The maximum Gasteiger partial charge on any atom is 0.328 e. The lowest BCUT2D eigenvalue weighted by Gasteiger charge is -2.38. The highest BCUT2D eigenvalue weighted by Gasteiger charge is 2.36. The third kappa shape index (κ3) is 5.23. The van der Waals surface area contributed by atoms with Crippen LogP contribution in [0.5, 0.6) is 5.75 Å². The Morgan fingerprint density at radius 3 is 2.53 bits per heavy atom. The first-order valence-corrected chi connectivity index (χ1v) is 11.3. The van der Waals surface area contributed by atoms with E-state index in [0.29, 0.717) is 6.04 Å². The number of carboxylic acid groups (broad SMARTS) is 1. The number of rotatable bonds is 6. The Morgan fingerprint density at radius 1 is 1.16 bits per heavy atom. The number of ether oxygens (including phenoxy) is 1. The summed E-state index contributed by atoms with van der Waals surface area (Å²) in [5, 5.41) is 12.5. The van der Waals surface area contributed by atoms with Crippen molar-refractivity contribution in [1.29, 1.82) is 0 Å². The summed E-state index contributed by atoms with van der Waals surface area (Å²) < 4.78 is 5.85. The lowest BCUT2D eigenvalue weighted by Crippen LogP contribution is -2.34. The minimum Gasteiger partial charge on any atom is -0.496 e. The summed E-state index contributed by atoms with van der Waals surface area (Å²) in [4.78, 5) is 10.7. The van der Waals surface area contributed by atoms with E-state index >= 15 is 0 Å². The molecule has 166 valence electrons. The van der Waals surface area contributed by atoms with E-state index in [-0.39, 0.29) is 5.41 Å². The number of carboxylic acids is 1. The van der Waals surface area contributed by atoms with Crippen LogP contribution in [0.2, 0.25) is 0 Å². The van der Waals surface area contributed by atoms with E-state index in [1.165, 1.54) is 24.0 Å². The van der Waals surface area contributed by atoms with Gasteiger partial charge in [0.15, 0.2) is 0 Å². The SMILES string of the molecule is COc1cc(C#Cc2ccc(C=CC(=O)O)cc2)cc2c1C(NCC1CC1)CCC2(C)C. The Kier molecular flexibility index (Phi) is 6.39. The van der Waals surface area contributed by atoms with E-state index in [1.807, 2.05) is 24.3 Å². The minimum absolute atomic E-state index is 0.0796. The van der Waals surface area contributed by atoms with Gasteiger partial charge >= 0.3 is 5.97 Å². The quantitative estimate of drug-likeness (QED) is 0.483. The Labute approximate surface area is 190 Å². The van der Waals surface area contributed by atoms with Gasteiger partial charge in [-0.15, -0.1) is 0 Å². The molecule has 1 unspecified atom stereocenters. The van der Waals surface area contributed by atoms with E-state index in [0.717, 1.165) is 53.8 Å². The third-order valence-electron chi connectivity index (χ3n) is 6.53. The van der Waals surface area contributed by atoms with Crippen LogP contribution in [0.3, 0.4) is 0 Å². The van der Waals surface area contributed by atoms with Crippen molar-refractivity contribution in [3.8, 4) is 17.6 Å². The highest BCUT2D eigenvalue weighted by Crippen LogP contribution is 2.46. The van der Waals surface area contributed by atoms with Gasteiger partial charge in [0.25, 0.3) is 0 Å². The molecule has 4 heteroatoms. The first-order valence-electron chi connectivity index (χ1n) is 11.3. The van der Waals surface area contributed by atoms with Crippen molar-refractivity contribution >= 4 is 12.0 Å². The fourth-order valence-electron chi connectivity index (χ4n) is 4.40. The van der Waals surface area contributed by atoms with Gasteiger partial charge in [0, 0.05) is 28.8 Å². The van der Waals surface area contributed by atoms with Crippen molar-refractivity contribution in [2.45, 2.75) is 51.0 Å².